The van der Waals surface area contributed by atoms with E-state index in [1.807, 2.05) is 26.8 Å². The van der Waals surface area contributed by atoms with Crippen LogP contribution in [0.3, 0.4) is 0 Å². The summed E-state index contributed by atoms with van der Waals surface area (Å²) in [4.78, 5) is 29.4. The fourth-order valence-corrected chi connectivity index (χ4v) is 3.02. The maximum Gasteiger partial charge on any atom is 0.278 e. The summed E-state index contributed by atoms with van der Waals surface area (Å²) in [6, 6.07) is 5.09. The maximum atomic E-state index is 13.0. The van der Waals surface area contributed by atoms with Crippen LogP contribution in [-0.2, 0) is 11.3 Å². The predicted octanol–water partition coefficient (Wildman–Crippen LogP) is 0.940. The lowest BCUT2D eigenvalue weighted by molar-refractivity contribution is -0.659. The first-order valence-corrected chi connectivity index (χ1v) is 8.86. The molecule has 142 valence electrons. The zero-order valence-electron chi connectivity index (χ0n) is 15.7. The Kier molecular flexibility index (Phi) is 5.09. The number of amides is 1. The van der Waals surface area contributed by atoms with E-state index in [2.05, 4.69) is 4.98 Å². The van der Waals surface area contributed by atoms with Crippen LogP contribution in [0, 0.1) is 6.92 Å². The van der Waals surface area contributed by atoms with Crippen LogP contribution in [0.15, 0.2) is 29.2 Å². The summed E-state index contributed by atoms with van der Waals surface area (Å²) in [7, 11) is 0. The molecule has 0 bridgehead atoms. The lowest BCUT2D eigenvalue weighted by Gasteiger charge is -2.12. The van der Waals surface area contributed by atoms with Gasteiger partial charge in [0.2, 0.25) is 11.5 Å². The van der Waals surface area contributed by atoms with Crippen LogP contribution in [0.4, 0.5) is 5.82 Å². The molecule has 0 spiro atoms. The highest BCUT2D eigenvalue weighted by atomic mass is 16.5. The minimum atomic E-state index is -0.685. The third-order valence-electron chi connectivity index (χ3n) is 4.34. The van der Waals surface area contributed by atoms with E-state index in [4.69, 9.17) is 16.2 Å². The van der Waals surface area contributed by atoms with E-state index in [9.17, 15) is 9.59 Å². The fraction of sp³-hybridized carbons (Fsp3) is 0.368. The fourth-order valence-electron chi connectivity index (χ4n) is 3.02. The van der Waals surface area contributed by atoms with Crippen LogP contribution >= 0.6 is 0 Å². The molecule has 0 aliphatic carbocycles. The number of aryl methyl sites for hydroxylation is 2. The Bertz CT molecular complexity index is 1090. The van der Waals surface area contributed by atoms with Gasteiger partial charge in [-0.15, -0.1) is 0 Å². The van der Waals surface area contributed by atoms with Crippen molar-refractivity contribution in [1.29, 1.82) is 0 Å². The van der Waals surface area contributed by atoms with E-state index < -0.39 is 5.91 Å². The van der Waals surface area contributed by atoms with Gasteiger partial charge in [0, 0.05) is 19.2 Å². The summed E-state index contributed by atoms with van der Waals surface area (Å²) in [5.41, 5.74) is 13.4. The van der Waals surface area contributed by atoms with Gasteiger partial charge in [-0.25, -0.2) is 4.57 Å². The van der Waals surface area contributed by atoms with E-state index in [1.165, 1.54) is 10.5 Å². The number of carbonyl (C=O) groups excluding carboxylic acids is 1. The van der Waals surface area contributed by atoms with Gasteiger partial charge < -0.3 is 16.2 Å². The van der Waals surface area contributed by atoms with E-state index in [1.54, 1.807) is 16.8 Å². The summed E-state index contributed by atoms with van der Waals surface area (Å²) in [6.45, 7) is 6.79. The molecule has 0 radical (unpaired) electrons. The second kappa shape index (κ2) is 7.32. The summed E-state index contributed by atoms with van der Waals surface area (Å²) < 4.78 is 8.70. The highest BCUT2D eigenvalue weighted by molar-refractivity contribution is 5.99. The van der Waals surface area contributed by atoms with Gasteiger partial charge in [0.25, 0.3) is 17.1 Å². The van der Waals surface area contributed by atoms with Crippen LogP contribution in [0.25, 0.3) is 16.7 Å². The molecule has 3 aromatic heterocycles. The van der Waals surface area contributed by atoms with Gasteiger partial charge in [0.15, 0.2) is 0 Å². The first kappa shape index (κ1) is 18.8. The lowest BCUT2D eigenvalue weighted by atomic mass is 10.1. The molecule has 1 amide bonds. The largest absolute Gasteiger partial charge is 0.379 e. The number of hydrogen-bond acceptors (Lipinski definition) is 5. The van der Waals surface area contributed by atoms with Crippen molar-refractivity contribution < 1.29 is 14.1 Å². The first-order valence-electron chi connectivity index (χ1n) is 8.86. The highest BCUT2D eigenvalue weighted by Crippen LogP contribution is 2.14. The highest BCUT2D eigenvalue weighted by Gasteiger charge is 2.23. The number of anilines is 1. The van der Waals surface area contributed by atoms with Crippen LogP contribution in [0.5, 0.6) is 0 Å². The Hall–Kier alpha value is -3.00. The molecule has 8 nitrogen and oxygen atoms in total. The zero-order valence-corrected chi connectivity index (χ0v) is 15.7. The zero-order chi connectivity index (χ0) is 19.7. The predicted molar refractivity (Wildman–Crippen MR) is 103 cm³/mol. The van der Waals surface area contributed by atoms with Crippen molar-refractivity contribution in [2.24, 2.45) is 5.73 Å². The number of nitrogens with two attached hydrogens (primary N) is 2. The Morgan fingerprint density at radius 1 is 1.37 bits per heavy atom. The van der Waals surface area contributed by atoms with Crippen molar-refractivity contribution in [3.63, 3.8) is 0 Å². The van der Waals surface area contributed by atoms with Gasteiger partial charge in [-0.3, -0.25) is 14.0 Å². The quantitative estimate of drug-likeness (QED) is 0.380. The number of nitrogens with zero attached hydrogens (tertiary/aromatic N) is 3. The van der Waals surface area contributed by atoms with Crippen molar-refractivity contribution in [3.8, 4) is 0 Å². The molecule has 27 heavy (non-hydrogen) atoms. The summed E-state index contributed by atoms with van der Waals surface area (Å²) in [6.07, 6.45) is 2.49. The topological polar surface area (TPSA) is 117 Å². The average molecular weight is 370 g/mol. The molecule has 0 fully saturated rings. The molecule has 0 saturated carbocycles. The molecule has 8 heteroatoms. The second-order valence-corrected chi connectivity index (χ2v) is 6.82. The normalized spacial score (nSPS) is 11.6. The molecule has 0 aromatic carbocycles. The van der Waals surface area contributed by atoms with E-state index >= 15 is 0 Å². The van der Waals surface area contributed by atoms with Crippen LogP contribution in [-0.4, -0.2) is 28.0 Å². The number of fused-ring (bicyclic) bond motifs is 2. The number of carbonyl (C=O) groups is 1. The van der Waals surface area contributed by atoms with Gasteiger partial charge >= 0.3 is 0 Å². The van der Waals surface area contributed by atoms with Crippen LogP contribution in [0.2, 0.25) is 0 Å². The average Bonchev–Trinajstić information content (AvgIpc) is 2.60. The molecule has 0 aliphatic rings. The number of primary amides is 1. The third-order valence-corrected chi connectivity index (χ3v) is 4.34. The Labute approximate surface area is 156 Å². The number of hydrogen-bond donors (Lipinski definition) is 2. The Balaban J connectivity index is 2.22. The Morgan fingerprint density at radius 2 is 2.11 bits per heavy atom. The lowest BCUT2D eigenvalue weighted by Crippen LogP contribution is -2.42. The standard InChI is InChI=1S/C19H23N5O3/c1-11(2)27-8-4-7-23-16(20)13(17(21)25)9-14-18(23)22-15-6-5-12(3)10-24(15)19(14)26/h5-6,9-11,20H,4,7-8H2,1-3H3,(H2,21,25)/p+1. The van der Waals surface area contributed by atoms with Crippen molar-refractivity contribution >= 4 is 28.4 Å². The second-order valence-electron chi connectivity index (χ2n) is 6.82. The van der Waals surface area contributed by atoms with Crippen LogP contribution in [0.1, 0.15) is 36.2 Å². The van der Waals surface area contributed by atoms with Crippen molar-refractivity contribution in [1.82, 2.24) is 9.38 Å². The number of rotatable bonds is 6. The van der Waals surface area contributed by atoms with E-state index in [0.29, 0.717) is 36.3 Å². The number of ether oxygens (including phenoxy) is 1. The van der Waals surface area contributed by atoms with Crippen molar-refractivity contribution in [2.75, 3.05) is 12.3 Å². The summed E-state index contributed by atoms with van der Waals surface area (Å²) in [5, 5.41) is 0.297. The minimum absolute atomic E-state index is 0.110. The Morgan fingerprint density at radius 3 is 2.78 bits per heavy atom. The van der Waals surface area contributed by atoms with Gasteiger partial charge in [-0.2, -0.15) is 0 Å². The monoisotopic (exact) mass is 370 g/mol. The molecule has 0 atom stereocenters. The molecule has 0 aliphatic heterocycles. The molecular weight excluding hydrogens is 346 g/mol. The smallest absolute Gasteiger partial charge is 0.278 e. The minimum Gasteiger partial charge on any atom is -0.379 e. The van der Waals surface area contributed by atoms with E-state index in [-0.39, 0.29) is 23.0 Å². The van der Waals surface area contributed by atoms with Crippen LogP contribution < -0.4 is 21.6 Å². The molecular formula is C19H24N5O3+. The van der Waals surface area contributed by atoms with Gasteiger partial charge in [0.1, 0.15) is 10.9 Å². The number of nitrogen functional groups attached to an aromatic ring is 1. The van der Waals surface area contributed by atoms with Crippen molar-refractivity contribution in [2.45, 2.75) is 39.8 Å². The number of pyridine rings is 2. The summed E-state index contributed by atoms with van der Waals surface area (Å²) in [5.74, 6) is -0.488. The SMILES string of the molecule is Cc1ccc2nc3c(cc(C(N)=O)c(N)[n+]3CCCOC(C)C)c(=O)n2c1. The molecule has 3 aromatic rings. The van der Waals surface area contributed by atoms with Gasteiger partial charge in [-0.1, -0.05) is 11.1 Å². The maximum absolute atomic E-state index is 13.0. The van der Waals surface area contributed by atoms with Crippen molar-refractivity contribution in [3.05, 3.63) is 45.9 Å². The van der Waals surface area contributed by atoms with Gasteiger partial charge in [0.05, 0.1) is 12.6 Å². The first-order chi connectivity index (χ1) is 12.8. The molecule has 0 unspecified atom stereocenters. The molecule has 0 saturated heterocycles. The molecule has 4 N–H and O–H groups in total. The molecule has 3 rings (SSSR count). The summed E-state index contributed by atoms with van der Waals surface area (Å²) >= 11 is 0. The third kappa shape index (κ3) is 3.61. The van der Waals surface area contributed by atoms with Gasteiger partial charge in [-0.05, 0) is 38.5 Å². The number of aromatic nitrogens is 3. The van der Waals surface area contributed by atoms with E-state index in [0.717, 1.165) is 5.56 Å². The molecule has 3 heterocycles.